The third-order valence-corrected chi connectivity index (χ3v) is 8.00. The number of morpholine rings is 1. The summed E-state index contributed by atoms with van der Waals surface area (Å²) < 4.78 is 19.0. The highest BCUT2D eigenvalue weighted by molar-refractivity contribution is 7.07. The number of carbonyl (C=O) groups excluding carboxylic acids is 1. The van der Waals surface area contributed by atoms with Gasteiger partial charge < -0.3 is 18.8 Å². The highest BCUT2D eigenvalue weighted by Crippen LogP contribution is 2.35. The van der Waals surface area contributed by atoms with E-state index in [1.807, 2.05) is 54.6 Å². The van der Waals surface area contributed by atoms with E-state index in [-0.39, 0.29) is 12.2 Å². The summed E-state index contributed by atoms with van der Waals surface area (Å²) in [6.45, 7) is 4.72. The van der Waals surface area contributed by atoms with Crippen LogP contribution in [0.3, 0.4) is 0 Å². The van der Waals surface area contributed by atoms with Gasteiger partial charge in [0.2, 0.25) is 0 Å². The number of ether oxygens (including phenoxy) is 2. The molecule has 0 spiro atoms. The Morgan fingerprint density at radius 3 is 2.58 bits per heavy atom. The molecule has 10 heteroatoms. The minimum atomic E-state index is -0.759. The number of benzene rings is 2. The van der Waals surface area contributed by atoms with E-state index >= 15 is 0 Å². The van der Waals surface area contributed by atoms with Crippen LogP contribution in [0.1, 0.15) is 29.9 Å². The van der Waals surface area contributed by atoms with Gasteiger partial charge in [-0.2, -0.15) is 0 Å². The van der Waals surface area contributed by atoms with Crippen LogP contribution in [-0.4, -0.2) is 43.4 Å². The van der Waals surface area contributed by atoms with Gasteiger partial charge in [-0.3, -0.25) is 9.36 Å². The third kappa shape index (κ3) is 5.03. The number of anilines is 1. The lowest BCUT2D eigenvalue weighted by Gasteiger charge is -2.26. The molecule has 2 aromatic carbocycles. The molecule has 0 amide bonds. The van der Waals surface area contributed by atoms with E-state index in [4.69, 9.17) is 30.5 Å². The van der Waals surface area contributed by atoms with Crippen molar-refractivity contribution in [3.05, 3.63) is 114 Å². The van der Waals surface area contributed by atoms with Crippen molar-refractivity contribution in [2.75, 3.05) is 37.8 Å². The Morgan fingerprint density at radius 1 is 1.10 bits per heavy atom. The molecule has 2 aromatic heterocycles. The molecule has 0 radical (unpaired) electrons. The quantitative estimate of drug-likeness (QED) is 0.323. The fraction of sp³-hybridized carbons (Fsp3) is 0.233. The second kappa shape index (κ2) is 11.3. The molecule has 1 saturated heterocycles. The van der Waals surface area contributed by atoms with Crippen LogP contribution in [0.15, 0.2) is 86.5 Å². The van der Waals surface area contributed by atoms with Crippen LogP contribution >= 0.6 is 22.9 Å². The highest BCUT2D eigenvalue weighted by Gasteiger charge is 2.35. The number of fused-ring (bicyclic) bond motifs is 1. The number of esters is 1. The lowest BCUT2D eigenvalue weighted by molar-refractivity contribution is -0.138. The van der Waals surface area contributed by atoms with Crippen molar-refractivity contribution < 1.29 is 18.7 Å². The number of nitrogens with zero attached hydrogens (tertiary/aromatic N) is 3. The van der Waals surface area contributed by atoms with Gasteiger partial charge >= 0.3 is 5.97 Å². The van der Waals surface area contributed by atoms with Gasteiger partial charge in [-0.25, -0.2) is 9.79 Å². The Morgan fingerprint density at radius 2 is 1.85 bits per heavy atom. The zero-order valence-electron chi connectivity index (χ0n) is 21.7. The molecule has 2 aliphatic rings. The van der Waals surface area contributed by atoms with Gasteiger partial charge in [0.05, 0.1) is 41.7 Å². The number of halogens is 1. The fourth-order valence-corrected chi connectivity index (χ4v) is 6.01. The molecule has 204 valence electrons. The van der Waals surface area contributed by atoms with Gasteiger partial charge in [0.25, 0.3) is 5.56 Å². The van der Waals surface area contributed by atoms with E-state index in [0.717, 1.165) is 30.1 Å². The summed E-state index contributed by atoms with van der Waals surface area (Å²) in [5, 5.41) is 0.551. The third-order valence-electron chi connectivity index (χ3n) is 6.77. The van der Waals surface area contributed by atoms with Gasteiger partial charge in [0.15, 0.2) is 10.7 Å². The summed E-state index contributed by atoms with van der Waals surface area (Å²) in [7, 11) is 0. The molecule has 4 aromatic rings. The van der Waals surface area contributed by atoms with Gasteiger partial charge in [-0.1, -0.05) is 65.4 Å². The molecule has 0 unspecified atom stereocenters. The van der Waals surface area contributed by atoms with E-state index in [9.17, 15) is 9.59 Å². The summed E-state index contributed by atoms with van der Waals surface area (Å²) in [6, 6.07) is 19.6. The van der Waals surface area contributed by atoms with E-state index in [2.05, 4.69) is 4.90 Å². The number of furan rings is 1. The summed E-state index contributed by atoms with van der Waals surface area (Å²) in [4.78, 5) is 34.9. The lowest BCUT2D eigenvalue weighted by atomic mass is 9.93. The fourth-order valence-electron chi connectivity index (χ4n) is 4.90. The maximum Gasteiger partial charge on any atom is 0.338 e. The first-order chi connectivity index (χ1) is 19.5. The summed E-state index contributed by atoms with van der Waals surface area (Å²) in [5.74, 6) is 0.764. The first kappa shape index (κ1) is 26.3. The van der Waals surface area contributed by atoms with E-state index in [1.54, 1.807) is 29.7 Å². The summed E-state index contributed by atoms with van der Waals surface area (Å²) >= 11 is 7.44. The SMILES string of the molecule is CCOC(=O)C1=C(c2ccccc2)N=c2sc(=Cc3ccc(N4CCOCC4)o3)c(=O)n2[C@@H]1c1ccc(Cl)cc1. The molecule has 6 rings (SSSR count). The smallest absolute Gasteiger partial charge is 0.338 e. The average Bonchev–Trinajstić information content (AvgIpc) is 3.58. The number of hydrogen-bond acceptors (Lipinski definition) is 8. The van der Waals surface area contributed by atoms with Gasteiger partial charge in [0, 0.05) is 35.8 Å². The Labute approximate surface area is 239 Å². The molecule has 1 atom stereocenters. The predicted molar refractivity (Wildman–Crippen MR) is 154 cm³/mol. The molecule has 1 fully saturated rings. The number of hydrogen-bond donors (Lipinski definition) is 0. The van der Waals surface area contributed by atoms with Crippen molar-refractivity contribution in [1.29, 1.82) is 0 Å². The number of rotatable bonds is 6. The second-order valence-electron chi connectivity index (χ2n) is 9.26. The highest BCUT2D eigenvalue weighted by atomic mass is 35.5. The van der Waals surface area contributed by atoms with E-state index < -0.39 is 12.0 Å². The molecule has 0 saturated carbocycles. The van der Waals surface area contributed by atoms with Gasteiger partial charge in [-0.15, -0.1) is 0 Å². The molecular weight excluding hydrogens is 550 g/mol. The Hall–Kier alpha value is -3.92. The Kier molecular flexibility index (Phi) is 7.42. The van der Waals surface area contributed by atoms with Crippen LogP contribution in [0.5, 0.6) is 0 Å². The van der Waals surface area contributed by atoms with Crippen molar-refractivity contribution in [2.45, 2.75) is 13.0 Å². The number of carbonyl (C=O) groups is 1. The minimum Gasteiger partial charge on any atom is -0.463 e. The van der Waals surface area contributed by atoms with Gasteiger partial charge in [0.1, 0.15) is 5.76 Å². The first-order valence-electron chi connectivity index (χ1n) is 13.0. The van der Waals surface area contributed by atoms with Crippen molar-refractivity contribution in [2.24, 2.45) is 4.99 Å². The summed E-state index contributed by atoms with van der Waals surface area (Å²) in [6.07, 6.45) is 1.73. The number of thiazole rings is 1. The molecule has 0 bridgehead atoms. The molecule has 4 heterocycles. The van der Waals surface area contributed by atoms with Crippen LogP contribution in [-0.2, 0) is 14.3 Å². The van der Waals surface area contributed by atoms with Crippen LogP contribution < -0.4 is 19.8 Å². The molecular formula is C30H26ClN3O5S. The van der Waals surface area contributed by atoms with Crippen LogP contribution in [0.2, 0.25) is 5.02 Å². The van der Waals surface area contributed by atoms with Crippen LogP contribution in [0.25, 0.3) is 11.8 Å². The van der Waals surface area contributed by atoms with E-state index in [1.165, 1.54) is 11.3 Å². The number of aromatic nitrogens is 1. The standard InChI is InChI=1S/C30H26ClN3O5S/c1-2-38-29(36)25-26(19-6-4-3-5-7-19)32-30-34(27(25)20-8-10-21(31)11-9-20)28(35)23(40-30)18-22-12-13-24(39-22)33-14-16-37-17-15-33/h3-13,18,27H,2,14-17H2,1H3/t27-/m1/s1. The maximum atomic E-state index is 14.0. The lowest BCUT2D eigenvalue weighted by Crippen LogP contribution is -2.40. The van der Waals surface area contributed by atoms with Crippen molar-refractivity contribution in [1.82, 2.24) is 4.57 Å². The Bertz CT molecular complexity index is 1750. The molecule has 2 aliphatic heterocycles. The largest absolute Gasteiger partial charge is 0.463 e. The zero-order chi connectivity index (χ0) is 27.6. The van der Waals surface area contributed by atoms with E-state index in [0.29, 0.717) is 44.6 Å². The van der Waals surface area contributed by atoms with Crippen LogP contribution in [0.4, 0.5) is 5.88 Å². The molecule has 0 N–H and O–H groups in total. The first-order valence-corrected chi connectivity index (χ1v) is 14.2. The van der Waals surface area contributed by atoms with Gasteiger partial charge in [-0.05, 0) is 30.7 Å². The topological polar surface area (TPSA) is 86.3 Å². The summed E-state index contributed by atoms with van der Waals surface area (Å²) in [5.41, 5.74) is 1.96. The van der Waals surface area contributed by atoms with Crippen molar-refractivity contribution in [3.63, 3.8) is 0 Å². The molecule has 0 aliphatic carbocycles. The normalized spacial score (nSPS) is 17.5. The maximum absolute atomic E-state index is 14.0. The van der Waals surface area contributed by atoms with Crippen LogP contribution in [0, 0.1) is 0 Å². The molecule has 8 nitrogen and oxygen atoms in total. The monoisotopic (exact) mass is 575 g/mol. The zero-order valence-corrected chi connectivity index (χ0v) is 23.3. The minimum absolute atomic E-state index is 0.187. The van der Waals surface area contributed by atoms with Crippen molar-refractivity contribution in [3.8, 4) is 0 Å². The Balaban J connectivity index is 1.54. The predicted octanol–water partition coefficient (Wildman–Crippen LogP) is 4.02. The average molecular weight is 576 g/mol. The second-order valence-corrected chi connectivity index (χ2v) is 10.7. The van der Waals surface area contributed by atoms with Crippen molar-refractivity contribution >= 4 is 46.6 Å². The molecule has 40 heavy (non-hydrogen) atoms.